The Hall–Kier alpha value is -1.35. The van der Waals surface area contributed by atoms with E-state index in [1.807, 2.05) is 19.1 Å². The van der Waals surface area contributed by atoms with Crippen LogP contribution < -0.4 is 16.4 Å². The molecule has 2 rings (SSSR count). The van der Waals surface area contributed by atoms with Crippen LogP contribution in [0.15, 0.2) is 29.3 Å². The van der Waals surface area contributed by atoms with Crippen molar-refractivity contribution in [2.45, 2.75) is 32.7 Å². The summed E-state index contributed by atoms with van der Waals surface area (Å²) in [5.74, 6) is 1.19. The Bertz CT molecular complexity index is 545. The van der Waals surface area contributed by atoms with Crippen molar-refractivity contribution >= 4 is 35.8 Å². The largest absolute Gasteiger partial charge is 0.381 e. The first kappa shape index (κ1) is 21.7. The molecule has 1 aromatic carbocycles. The van der Waals surface area contributed by atoms with Crippen LogP contribution in [0.25, 0.3) is 0 Å². The molecule has 1 aliphatic rings. The average molecular weight is 460 g/mol. The third-order valence-corrected chi connectivity index (χ3v) is 3.81. The molecule has 1 fully saturated rings. The standard InChI is InChI=1S/C18H28N4O2.HI/c1-2-20-18(21-10-3-11-24-13-15-4-5-15)22-12-14-6-8-16(9-7-14)17(19)23;/h6-9,15H,2-5,10-13H2,1H3,(H2,19,23)(H2,20,21,22);1H. The number of rotatable bonds is 10. The Morgan fingerprint density at radius 1 is 1.28 bits per heavy atom. The van der Waals surface area contributed by atoms with Gasteiger partial charge in [-0.2, -0.15) is 0 Å². The van der Waals surface area contributed by atoms with E-state index >= 15 is 0 Å². The first-order chi connectivity index (χ1) is 11.7. The number of hydrogen-bond acceptors (Lipinski definition) is 3. The summed E-state index contributed by atoms with van der Waals surface area (Å²) in [6.45, 7) is 5.93. The van der Waals surface area contributed by atoms with Gasteiger partial charge in [-0.3, -0.25) is 4.79 Å². The van der Waals surface area contributed by atoms with Crippen LogP contribution in [0.2, 0.25) is 0 Å². The van der Waals surface area contributed by atoms with Crippen LogP contribution in [-0.4, -0.2) is 38.2 Å². The number of nitrogens with zero attached hydrogens (tertiary/aromatic N) is 1. The van der Waals surface area contributed by atoms with Gasteiger partial charge in [0.2, 0.25) is 5.91 Å². The second-order valence-corrected chi connectivity index (χ2v) is 6.05. The molecule has 140 valence electrons. The molecule has 25 heavy (non-hydrogen) atoms. The molecule has 0 heterocycles. The van der Waals surface area contributed by atoms with E-state index in [9.17, 15) is 4.79 Å². The summed E-state index contributed by atoms with van der Waals surface area (Å²) < 4.78 is 5.62. The lowest BCUT2D eigenvalue weighted by molar-refractivity contribution is 0.100. The monoisotopic (exact) mass is 460 g/mol. The molecule has 0 unspecified atom stereocenters. The average Bonchev–Trinajstić information content (AvgIpc) is 3.40. The lowest BCUT2D eigenvalue weighted by Gasteiger charge is -2.11. The van der Waals surface area contributed by atoms with Crippen LogP contribution in [0.1, 0.15) is 42.1 Å². The number of benzene rings is 1. The Balaban J connectivity index is 0.00000312. The smallest absolute Gasteiger partial charge is 0.248 e. The minimum Gasteiger partial charge on any atom is -0.381 e. The van der Waals surface area contributed by atoms with Crippen molar-refractivity contribution in [2.24, 2.45) is 16.6 Å². The number of amides is 1. The third-order valence-electron chi connectivity index (χ3n) is 3.81. The van der Waals surface area contributed by atoms with Crippen molar-refractivity contribution in [1.82, 2.24) is 10.6 Å². The Labute approximate surface area is 167 Å². The zero-order chi connectivity index (χ0) is 17.2. The quantitative estimate of drug-likeness (QED) is 0.216. The second kappa shape index (κ2) is 12.1. The predicted octanol–water partition coefficient (Wildman–Crippen LogP) is 2.28. The normalized spacial score (nSPS) is 13.9. The Morgan fingerprint density at radius 2 is 2.00 bits per heavy atom. The van der Waals surface area contributed by atoms with Gasteiger partial charge < -0.3 is 21.1 Å². The highest BCUT2D eigenvalue weighted by atomic mass is 127. The highest BCUT2D eigenvalue weighted by molar-refractivity contribution is 14.0. The number of carbonyl (C=O) groups excluding carboxylic acids is 1. The number of guanidine groups is 1. The molecule has 1 aromatic rings. The van der Waals surface area contributed by atoms with Crippen LogP contribution >= 0.6 is 24.0 Å². The minimum atomic E-state index is -0.413. The first-order valence-corrected chi connectivity index (χ1v) is 8.67. The first-order valence-electron chi connectivity index (χ1n) is 8.67. The topological polar surface area (TPSA) is 88.7 Å². The van der Waals surface area contributed by atoms with Gasteiger partial charge in [-0.1, -0.05) is 12.1 Å². The second-order valence-electron chi connectivity index (χ2n) is 6.05. The predicted molar refractivity (Wildman–Crippen MR) is 111 cm³/mol. The maximum Gasteiger partial charge on any atom is 0.248 e. The van der Waals surface area contributed by atoms with Crippen LogP contribution in [-0.2, 0) is 11.3 Å². The summed E-state index contributed by atoms with van der Waals surface area (Å²) in [5.41, 5.74) is 6.78. The van der Waals surface area contributed by atoms with E-state index < -0.39 is 5.91 Å². The van der Waals surface area contributed by atoms with Crippen LogP contribution in [0.5, 0.6) is 0 Å². The number of aliphatic imine (C=N–C) groups is 1. The summed E-state index contributed by atoms with van der Waals surface area (Å²) in [6.07, 6.45) is 3.62. The lowest BCUT2D eigenvalue weighted by atomic mass is 10.1. The summed E-state index contributed by atoms with van der Waals surface area (Å²) in [6, 6.07) is 7.20. The number of halogens is 1. The van der Waals surface area contributed by atoms with E-state index in [0.29, 0.717) is 12.1 Å². The van der Waals surface area contributed by atoms with E-state index in [1.165, 1.54) is 12.8 Å². The maximum atomic E-state index is 11.1. The number of nitrogens with one attached hydrogen (secondary N) is 2. The zero-order valence-corrected chi connectivity index (χ0v) is 17.1. The molecule has 1 amide bonds. The van der Waals surface area contributed by atoms with Crippen LogP contribution in [0, 0.1) is 5.92 Å². The van der Waals surface area contributed by atoms with Gasteiger partial charge in [0.1, 0.15) is 0 Å². The molecule has 0 aliphatic heterocycles. The van der Waals surface area contributed by atoms with Crippen molar-refractivity contribution in [1.29, 1.82) is 0 Å². The SMILES string of the molecule is CCNC(=NCc1ccc(C(N)=O)cc1)NCCCOCC1CC1.I. The van der Waals surface area contributed by atoms with Crippen LogP contribution in [0.4, 0.5) is 0 Å². The van der Waals surface area contributed by atoms with E-state index in [-0.39, 0.29) is 24.0 Å². The fraction of sp³-hybridized carbons (Fsp3) is 0.556. The number of carbonyl (C=O) groups is 1. The van der Waals surface area contributed by atoms with Gasteiger partial charge in [0, 0.05) is 31.9 Å². The summed E-state index contributed by atoms with van der Waals surface area (Å²) in [4.78, 5) is 15.6. The summed E-state index contributed by atoms with van der Waals surface area (Å²) in [5, 5.41) is 6.53. The van der Waals surface area contributed by atoms with Crippen molar-refractivity contribution in [2.75, 3.05) is 26.3 Å². The fourth-order valence-electron chi connectivity index (χ4n) is 2.20. The van der Waals surface area contributed by atoms with Crippen molar-refractivity contribution in [3.63, 3.8) is 0 Å². The van der Waals surface area contributed by atoms with E-state index in [0.717, 1.165) is 50.2 Å². The molecule has 0 saturated heterocycles. The fourth-order valence-corrected chi connectivity index (χ4v) is 2.20. The number of nitrogens with two attached hydrogens (primary N) is 1. The van der Waals surface area contributed by atoms with Crippen molar-refractivity contribution in [3.8, 4) is 0 Å². The Morgan fingerprint density at radius 3 is 2.60 bits per heavy atom. The van der Waals surface area contributed by atoms with E-state index in [4.69, 9.17) is 10.5 Å². The maximum absolute atomic E-state index is 11.1. The Kier molecular flexibility index (Phi) is 10.5. The van der Waals surface area contributed by atoms with E-state index in [2.05, 4.69) is 15.6 Å². The summed E-state index contributed by atoms with van der Waals surface area (Å²) in [7, 11) is 0. The van der Waals surface area contributed by atoms with E-state index in [1.54, 1.807) is 12.1 Å². The van der Waals surface area contributed by atoms with Gasteiger partial charge in [0.25, 0.3) is 0 Å². The minimum absolute atomic E-state index is 0. The highest BCUT2D eigenvalue weighted by Gasteiger charge is 2.20. The highest BCUT2D eigenvalue weighted by Crippen LogP contribution is 2.28. The molecular formula is C18H29IN4O2. The molecular weight excluding hydrogens is 431 g/mol. The molecule has 0 radical (unpaired) electrons. The van der Waals surface area contributed by atoms with Gasteiger partial charge >= 0.3 is 0 Å². The van der Waals surface area contributed by atoms with Crippen LogP contribution in [0.3, 0.4) is 0 Å². The number of hydrogen-bond donors (Lipinski definition) is 3. The lowest BCUT2D eigenvalue weighted by Crippen LogP contribution is -2.38. The molecule has 0 bridgehead atoms. The van der Waals surface area contributed by atoms with Crippen molar-refractivity contribution in [3.05, 3.63) is 35.4 Å². The zero-order valence-electron chi connectivity index (χ0n) is 14.8. The van der Waals surface area contributed by atoms with Gasteiger partial charge in [0.05, 0.1) is 6.54 Å². The molecule has 0 atom stereocenters. The molecule has 1 aliphatic carbocycles. The van der Waals surface area contributed by atoms with Gasteiger partial charge in [-0.25, -0.2) is 4.99 Å². The molecule has 1 saturated carbocycles. The van der Waals surface area contributed by atoms with Gasteiger partial charge in [-0.15, -0.1) is 24.0 Å². The van der Waals surface area contributed by atoms with Crippen molar-refractivity contribution < 1.29 is 9.53 Å². The molecule has 0 spiro atoms. The summed E-state index contributed by atoms with van der Waals surface area (Å²) >= 11 is 0. The van der Waals surface area contributed by atoms with Gasteiger partial charge in [-0.05, 0) is 49.8 Å². The number of ether oxygens (including phenoxy) is 1. The number of primary amides is 1. The molecule has 6 nitrogen and oxygen atoms in total. The molecule has 7 heteroatoms. The molecule has 4 N–H and O–H groups in total. The van der Waals surface area contributed by atoms with Gasteiger partial charge in [0.15, 0.2) is 5.96 Å². The third kappa shape index (κ3) is 9.06. The molecule has 0 aromatic heterocycles.